The number of rotatable bonds is 8. The zero-order chi connectivity index (χ0) is 22.5. The number of ether oxygens (including phenoxy) is 1. The number of aromatic nitrogens is 6. The van der Waals surface area contributed by atoms with Gasteiger partial charge in [0.15, 0.2) is 5.82 Å². The lowest BCUT2D eigenvalue weighted by Gasteiger charge is -2.07. The predicted molar refractivity (Wildman–Crippen MR) is 120 cm³/mol. The molecule has 4 aromatic rings. The standard InChI is InChI=1S/C22H24N8O2/c1-15-9-12-30(27-15)21-8-7-20(25-26-21)23-10-11-24-22(31)19-14-18(28-29(19)2)16-5-4-6-17(13-16)32-3/h4-9,12-14H,10-11H2,1-3H3,(H,23,25)(H,24,31). The molecule has 0 saturated heterocycles. The number of hydrogen-bond acceptors (Lipinski definition) is 7. The zero-order valence-corrected chi connectivity index (χ0v) is 18.1. The third kappa shape index (κ3) is 4.75. The van der Waals surface area contributed by atoms with Crippen molar-refractivity contribution < 1.29 is 9.53 Å². The maximum atomic E-state index is 12.6. The minimum atomic E-state index is -0.202. The topological polar surface area (TPSA) is 112 Å². The molecule has 3 heterocycles. The van der Waals surface area contributed by atoms with Crippen molar-refractivity contribution in [2.75, 3.05) is 25.5 Å². The highest BCUT2D eigenvalue weighted by atomic mass is 16.5. The highest BCUT2D eigenvalue weighted by Gasteiger charge is 2.14. The van der Waals surface area contributed by atoms with Crippen molar-refractivity contribution in [1.29, 1.82) is 0 Å². The van der Waals surface area contributed by atoms with E-state index < -0.39 is 0 Å². The monoisotopic (exact) mass is 432 g/mol. The number of anilines is 1. The minimum absolute atomic E-state index is 0.202. The van der Waals surface area contributed by atoms with Gasteiger partial charge >= 0.3 is 0 Å². The Labute approximate surface area is 185 Å². The summed E-state index contributed by atoms with van der Waals surface area (Å²) < 4.78 is 8.49. The SMILES string of the molecule is COc1cccc(-c2cc(C(=O)NCCNc3ccc(-n4ccc(C)n4)nn3)n(C)n2)c1. The van der Waals surface area contributed by atoms with Crippen LogP contribution in [0.2, 0.25) is 0 Å². The van der Waals surface area contributed by atoms with Crippen LogP contribution in [-0.2, 0) is 7.05 Å². The summed E-state index contributed by atoms with van der Waals surface area (Å²) in [5, 5.41) is 23.1. The first kappa shape index (κ1) is 21.0. The molecule has 0 unspecified atom stereocenters. The highest BCUT2D eigenvalue weighted by molar-refractivity contribution is 5.93. The third-order valence-electron chi connectivity index (χ3n) is 4.80. The number of carbonyl (C=O) groups is 1. The fourth-order valence-corrected chi connectivity index (χ4v) is 3.14. The van der Waals surface area contributed by atoms with Crippen molar-refractivity contribution in [2.24, 2.45) is 7.05 Å². The van der Waals surface area contributed by atoms with Gasteiger partial charge < -0.3 is 15.4 Å². The second-order valence-corrected chi connectivity index (χ2v) is 7.13. The van der Waals surface area contributed by atoms with E-state index in [9.17, 15) is 4.79 Å². The van der Waals surface area contributed by atoms with Crippen LogP contribution in [0.15, 0.2) is 54.7 Å². The zero-order valence-electron chi connectivity index (χ0n) is 18.1. The summed E-state index contributed by atoms with van der Waals surface area (Å²) in [6.07, 6.45) is 1.83. The van der Waals surface area contributed by atoms with Gasteiger partial charge in [-0.2, -0.15) is 10.2 Å². The van der Waals surface area contributed by atoms with E-state index in [-0.39, 0.29) is 5.91 Å². The van der Waals surface area contributed by atoms with Crippen molar-refractivity contribution >= 4 is 11.7 Å². The number of benzene rings is 1. The molecule has 1 amide bonds. The second-order valence-electron chi connectivity index (χ2n) is 7.13. The first-order chi connectivity index (χ1) is 15.5. The fourth-order valence-electron chi connectivity index (χ4n) is 3.14. The molecular formula is C22H24N8O2. The third-order valence-corrected chi connectivity index (χ3v) is 4.80. The van der Waals surface area contributed by atoms with Gasteiger partial charge in [0.05, 0.1) is 18.5 Å². The molecule has 164 valence electrons. The largest absolute Gasteiger partial charge is 0.497 e. The lowest BCUT2D eigenvalue weighted by molar-refractivity contribution is 0.0946. The number of amides is 1. The van der Waals surface area contributed by atoms with Gasteiger partial charge in [-0.15, -0.1) is 10.2 Å². The van der Waals surface area contributed by atoms with Gasteiger partial charge in [0.1, 0.15) is 17.3 Å². The molecule has 0 fully saturated rings. The van der Waals surface area contributed by atoms with Gasteiger partial charge in [0.2, 0.25) is 0 Å². The maximum Gasteiger partial charge on any atom is 0.269 e. The molecule has 1 aromatic carbocycles. The first-order valence-electron chi connectivity index (χ1n) is 10.1. The van der Waals surface area contributed by atoms with Crippen molar-refractivity contribution in [2.45, 2.75) is 6.92 Å². The molecule has 0 atom stereocenters. The number of aryl methyl sites for hydroxylation is 2. The Morgan fingerprint density at radius 3 is 2.66 bits per heavy atom. The van der Waals surface area contributed by atoms with Gasteiger partial charge in [-0.25, -0.2) is 4.68 Å². The van der Waals surface area contributed by atoms with Gasteiger partial charge in [0, 0.05) is 31.9 Å². The molecular weight excluding hydrogens is 408 g/mol. The molecule has 10 heteroatoms. The molecule has 0 aliphatic heterocycles. The van der Waals surface area contributed by atoms with E-state index in [0.717, 1.165) is 17.0 Å². The van der Waals surface area contributed by atoms with Crippen LogP contribution in [0.3, 0.4) is 0 Å². The van der Waals surface area contributed by atoms with Crippen LogP contribution >= 0.6 is 0 Å². The molecule has 0 saturated carbocycles. The van der Waals surface area contributed by atoms with E-state index in [1.54, 1.807) is 29.6 Å². The number of methoxy groups -OCH3 is 1. The maximum absolute atomic E-state index is 12.6. The molecule has 4 rings (SSSR count). The number of hydrogen-bond donors (Lipinski definition) is 2. The van der Waals surface area contributed by atoms with E-state index in [4.69, 9.17) is 4.74 Å². The lowest BCUT2D eigenvalue weighted by Crippen LogP contribution is -2.30. The Morgan fingerprint density at radius 1 is 1.06 bits per heavy atom. The summed E-state index contributed by atoms with van der Waals surface area (Å²) in [6.45, 7) is 2.83. The van der Waals surface area contributed by atoms with E-state index in [1.807, 2.05) is 55.6 Å². The molecule has 0 aliphatic carbocycles. The molecule has 0 bridgehead atoms. The quantitative estimate of drug-likeness (QED) is 0.411. The smallest absolute Gasteiger partial charge is 0.269 e. The molecule has 0 aliphatic rings. The first-order valence-corrected chi connectivity index (χ1v) is 10.1. The van der Waals surface area contributed by atoms with Crippen LogP contribution in [0.5, 0.6) is 5.75 Å². The molecule has 0 spiro atoms. The Bertz CT molecular complexity index is 1210. The van der Waals surface area contributed by atoms with Crippen LogP contribution in [0.1, 0.15) is 16.2 Å². The van der Waals surface area contributed by atoms with Crippen LogP contribution in [0, 0.1) is 6.92 Å². The summed E-state index contributed by atoms with van der Waals surface area (Å²) >= 11 is 0. The Balaban J connectivity index is 1.30. The average molecular weight is 432 g/mol. The van der Waals surface area contributed by atoms with Crippen molar-refractivity contribution in [3.8, 4) is 22.8 Å². The molecule has 0 radical (unpaired) electrons. The molecule has 3 aromatic heterocycles. The Morgan fingerprint density at radius 2 is 1.94 bits per heavy atom. The van der Waals surface area contributed by atoms with Gasteiger partial charge in [-0.3, -0.25) is 9.48 Å². The molecule has 10 nitrogen and oxygen atoms in total. The highest BCUT2D eigenvalue weighted by Crippen LogP contribution is 2.23. The van der Waals surface area contributed by atoms with Crippen LogP contribution in [0.25, 0.3) is 17.1 Å². The van der Waals surface area contributed by atoms with E-state index >= 15 is 0 Å². The van der Waals surface area contributed by atoms with E-state index in [0.29, 0.717) is 36.1 Å². The summed E-state index contributed by atoms with van der Waals surface area (Å²) in [7, 11) is 3.36. The normalized spacial score (nSPS) is 10.7. The van der Waals surface area contributed by atoms with Crippen molar-refractivity contribution in [3.05, 3.63) is 66.1 Å². The molecule has 2 N–H and O–H groups in total. The fraction of sp³-hybridized carbons (Fsp3) is 0.227. The predicted octanol–water partition coefficient (Wildman–Crippen LogP) is 2.22. The number of carbonyl (C=O) groups excluding carboxylic acids is 1. The average Bonchev–Trinajstić information content (AvgIpc) is 3.43. The van der Waals surface area contributed by atoms with Gasteiger partial charge in [0.25, 0.3) is 5.91 Å². The van der Waals surface area contributed by atoms with Crippen LogP contribution in [0.4, 0.5) is 5.82 Å². The second kappa shape index (κ2) is 9.29. The molecule has 32 heavy (non-hydrogen) atoms. The van der Waals surface area contributed by atoms with E-state index in [2.05, 4.69) is 31.0 Å². The van der Waals surface area contributed by atoms with Gasteiger partial charge in [-0.05, 0) is 43.3 Å². The van der Waals surface area contributed by atoms with Gasteiger partial charge in [-0.1, -0.05) is 12.1 Å². The summed E-state index contributed by atoms with van der Waals surface area (Å²) in [5.74, 6) is 1.79. The lowest BCUT2D eigenvalue weighted by atomic mass is 10.1. The van der Waals surface area contributed by atoms with Crippen LogP contribution in [-0.4, -0.2) is 55.9 Å². The minimum Gasteiger partial charge on any atom is -0.497 e. The Kier molecular flexibility index (Phi) is 6.11. The van der Waals surface area contributed by atoms with Crippen molar-refractivity contribution in [1.82, 2.24) is 35.1 Å². The van der Waals surface area contributed by atoms with E-state index in [1.165, 1.54) is 0 Å². The Hall–Kier alpha value is -4.21. The summed E-state index contributed by atoms with van der Waals surface area (Å²) in [5.41, 5.74) is 2.97. The number of nitrogens with one attached hydrogen (secondary N) is 2. The summed E-state index contributed by atoms with van der Waals surface area (Å²) in [4.78, 5) is 12.6. The summed E-state index contributed by atoms with van der Waals surface area (Å²) in [6, 6.07) is 14.9. The van der Waals surface area contributed by atoms with Crippen molar-refractivity contribution in [3.63, 3.8) is 0 Å². The number of nitrogens with zero attached hydrogens (tertiary/aromatic N) is 6. The van der Waals surface area contributed by atoms with Crippen LogP contribution < -0.4 is 15.4 Å².